The highest BCUT2D eigenvalue weighted by molar-refractivity contribution is 7.92. The molecule has 4 rings (SSSR count). The number of non-ortho nitro benzene ring substituents is 1. The molecule has 160 valence electrons. The zero-order valence-corrected chi connectivity index (χ0v) is 17.9. The molecule has 4 aromatic rings. The molecule has 1 heterocycles. The van der Waals surface area contributed by atoms with Gasteiger partial charge in [-0.15, -0.1) is 0 Å². The first-order chi connectivity index (χ1) is 15.3. The standard InChI is InChI=1S/C24H19N3O4S/c1-17-8-14-22(15-9-17)32(30,31)26-23-7-3-5-19-11-13-20(25-24(19)23)12-10-18-4-2-6-21(16-18)27(28)29/h2-16,26H,1H3. The third-order valence-corrected chi connectivity index (χ3v) is 6.23. The Morgan fingerprint density at radius 3 is 2.44 bits per heavy atom. The summed E-state index contributed by atoms with van der Waals surface area (Å²) in [5.41, 5.74) is 3.10. The molecule has 0 saturated carbocycles. The monoisotopic (exact) mass is 445 g/mol. The number of aryl methyl sites for hydroxylation is 1. The third kappa shape index (κ3) is 4.65. The van der Waals surface area contributed by atoms with E-state index in [4.69, 9.17) is 0 Å². The van der Waals surface area contributed by atoms with E-state index in [-0.39, 0.29) is 10.6 Å². The molecule has 0 bridgehead atoms. The lowest BCUT2D eigenvalue weighted by molar-refractivity contribution is -0.384. The maximum Gasteiger partial charge on any atom is 0.270 e. The van der Waals surface area contributed by atoms with Gasteiger partial charge >= 0.3 is 0 Å². The summed E-state index contributed by atoms with van der Waals surface area (Å²) in [6.07, 6.45) is 3.45. The number of sulfonamides is 1. The molecule has 0 aliphatic carbocycles. The molecule has 8 heteroatoms. The average Bonchev–Trinajstić information content (AvgIpc) is 2.78. The molecule has 7 nitrogen and oxygen atoms in total. The molecule has 32 heavy (non-hydrogen) atoms. The first kappa shape index (κ1) is 21.2. The van der Waals surface area contributed by atoms with Gasteiger partial charge in [0.15, 0.2) is 0 Å². The van der Waals surface area contributed by atoms with Crippen molar-refractivity contribution in [3.63, 3.8) is 0 Å². The Labute approximate surface area is 185 Å². The number of pyridine rings is 1. The van der Waals surface area contributed by atoms with Crippen LogP contribution in [0.4, 0.5) is 11.4 Å². The summed E-state index contributed by atoms with van der Waals surface area (Å²) in [6, 6.07) is 21.8. The molecule has 3 aromatic carbocycles. The quantitative estimate of drug-likeness (QED) is 0.315. The Kier molecular flexibility index (Phi) is 5.70. The second kappa shape index (κ2) is 8.60. The van der Waals surface area contributed by atoms with Crippen molar-refractivity contribution in [2.24, 2.45) is 0 Å². The summed E-state index contributed by atoms with van der Waals surface area (Å²) in [5, 5.41) is 11.7. The first-order valence-corrected chi connectivity index (χ1v) is 11.2. The Morgan fingerprint density at radius 1 is 0.938 bits per heavy atom. The van der Waals surface area contributed by atoms with Crippen LogP contribution < -0.4 is 4.72 Å². The minimum atomic E-state index is -3.77. The van der Waals surface area contributed by atoms with Gasteiger partial charge in [0.25, 0.3) is 15.7 Å². The highest BCUT2D eigenvalue weighted by Gasteiger charge is 2.16. The molecule has 0 atom stereocenters. The van der Waals surface area contributed by atoms with E-state index in [0.717, 1.165) is 10.9 Å². The minimum Gasteiger partial charge on any atom is -0.277 e. The second-order valence-corrected chi connectivity index (χ2v) is 8.90. The van der Waals surface area contributed by atoms with E-state index < -0.39 is 14.9 Å². The number of rotatable bonds is 6. The van der Waals surface area contributed by atoms with Crippen molar-refractivity contribution in [3.05, 3.63) is 106 Å². The van der Waals surface area contributed by atoms with Gasteiger partial charge in [-0.1, -0.05) is 54.1 Å². The number of anilines is 1. The van der Waals surface area contributed by atoms with E-state index >= 15 is 0 Å². The van der Waals surface area contributed by atoms with E-state index in [1.54, 1.807) is 66.7 Å². The molecule has 0 radical (unpaired) electrons. The number of para-hydroxylation sites is 1. The van der Waals surface area contributed by atoms with Gasteiger partial charge in [0.1, 0.15) is 0 Å². The fourth-order valence-electron chi connectivity index (χ4n) is 3.18. The van der Waals surface area contributed by atoms with Crippen LogP contribution in [0.2, 0.25) is 0 Å². The highest BCUT2D eigenvalue weighted by Crippen LogP contribution is 2.25. The number of nitrogens with zero attached hydrogens (tertiary/aromatic N) is 2. The smallest absolute Gasteiger partial charge is 0.270 e. The van der Waals surface area contributed by atoms with E-state index in [2.05, 4.69) is 9.71 Å². The molecule has 1 N–H and O–H groups in total. The molecule has 0 spiro atoms. The zero-order valence-electron chi connectivity index (χ0n) is 17.1. The lowest BCUT2D eigenvalue weighted by Gasteiger charge is -2.11. The van der Waals surface area contributed by atoms with Crippen molar-refractivity contribution in [3.8, 4) is 0 Å². The van der Waals surface area contributed by atoms with E-state index in [0.29, 0.717) is 22.5 Å². The van der Waals surface area contributed by atoms with Crippen molar-refractivity contribution in [2.45, 2.75) is 11.8 Å². The predicted octanol–water partition coefficient (Wildman–Crippen LogP) is 5.42. The molecular weight excluding hydrogens is 426 g/mol. The fraction of sp³-hybridized carbons (Fsp3) is 0.0417. The van der Waals surface area contributed by atoms with Crippen LogP contribution in [-0.4, -0.2) is 18.3 Å². The molecular formula is C24H19N3O4S. The second-order valence-electron chi connectivity index (χ2n) is 7.22. The van der Waals surface area contributed by atoms with Gasteiger partial charge in [0, 0.05) is 17.5 Å². The zero-order chi connectivity index (χ0) is 22.7. The SMILES string of the molecule is Cc1ccc(S(=O)(=O)Nc2cccc3ccc(C=Cc4cccc([N+](=O)[O-])c4)nc23)cc1. The Bertz CT molecular complexity index is 1450. The molecule has 0 aliphatic rings. The number of aromatic nitrogens is 1. The topological polar surface area (TPSA) is 102 Å². The maximum absolute atomic E-state index is 12.8. The Hall–Kier alpha value is -4.04. The van der Waals surface area contributed by atoms with Gasteiger partial charge in [-0.25, -0.2) is 13.4 Å². The summed E-state index contributed by atoms with van der Waals surface area (Å²) in [6.45, 7) is 1.89. The van der Waals surface area contributed by atoms with Crippen molar-refractivity contribution >= 4 is 44.5 Å². The van der Waals surface area contributed by atoms with Gasteiger partial charge in [-0.3, -0.25) is 14.8 Å². The van der Waals surface area contributed by atoms with Crippen LogP contribution in [0.25, 0.3) is 23.1 Å². The lowest BCUT2D eigenvalue weighted by atomic mass is 10.1. The largest absolute Gasteiger partial charge is 0.277 e. The molecule has 0 aliphatic heterocycles. The normalized spacial score (nSPS) is 11.7. The molecule has 0 unspecified atom stereocenters. The number of nitrogens with one attached hydrogen (secondary N) is 1. The first-order valence-electron chi connectivity index (χ1n) is 9.74. The van der Waals surface area contributed by atoms with Gasteiger partial charge < -0.3 is 0 Å². The number of nitro benzene ring substituents is 1. The van der Waals surface area contributed by atoms with Crippen LogP contribution in [0.3, 0.4) is 0 Å². The number of benzene rings is 3. The summed E-state index contributed by atoms with van der Waals surface area (Å²) >= 11 is 0. The molecule has 0 amide bonds. The van der Waals surface area contributed by atoms with E-state index in [9.17, 15) is 18.5 Å². The fourth-order valence-corrected chi connectivity index (χ4v) is 4.25. The predicted molar refractivity (Wildman–Crippen MR) is 126 cm³/mol. The van der Waals surface area contributed by atoms with E-state index in [1.165, 1.54) is 12.1 Å². The van der Waals surface area contributed by atoms with Crippen molar-refractivity contribution in [1.29, 1.82) is 0 Å². The number of hydrogen-bond donors (Lipinski definition) is 1. The van der Waals surface area contributed by atoms with Gasteiger partial charge in [-0.05, 0) is 42.8 Å². The van der Waals surface area contributed by atoms with Crippen molar-refractivity contribution in [2.75, 3.05) is 4.72 Å². The Morgan fingerprint density at radius 2 is 1.69 bits per heavy atom. The van der Waals surface area contributed by atoms with Crippen LogP contribution in [0, 0.1) is 17.0 Å². The molecule has 0 fully saturated rings. The number of fused-ring (bicyclic) bond motifs is 1. The van der Waals surface area contributed by atoms with Crippen molar-refractivity contribution < 1.29 is 13.3 Å². The van der Waals surface area contributed by atoms with Crippen LogP contribution in [-0.2, 0) is 10.0 Å². The number of hydrogen-bond acceptors (Lipinski definition) is 5. The third-order valence-electron chi connectivity index (χ3n) is 4.84. The molecule has 1 aromatic heterocycles. The molecule has 0 saturated heterocycles. The van der Waals surface area contributed by atoms with Crippen LogP contribution in [0.1, 0.15) is 16.8 Å². The van der Waals surface area contributed by atoms with E-state index in [1.807, 2.05) is 19.1 Å². The summed E-state index contributed by atoms with van der Waals surface area (Å²) in [7, 11) is -3.77. The van der Waals surface area contributed by atoms with Gasteiger partial charge in [0.05, 0.1) is 26.7 Å². The highest BCUT2D eigenvalue weighted by atomic mass is 32.2. The van der Waals surface area contributed by atoms with Crippen LogP contribution in [0.5, 0.6) is 0 Å². The van der Waals surface area contributed by atoms with Gasteiger partial charge in [0.2, 0.25) is 0 Å². The van der Waals surface area contributed by atoms with Crippen LogP contribution in [0.15, 0.2) is 83.8 Å². The van der Waals surface area contributed by atoms with Crippen molar-refractivity contribution in [1.82, 2.24) is 4.98 Å². The maximum atomic E-state index is 12.8. The summed E-state index contributed by atoms with van der Waals surface area (Å²) in [4.78, 5) is 15.3. The summed E-state index contributed by atoms with van der Waals surface area (Å²) < 4.78 is 28.3. The Balaban J connectivity index is 1.67. The van der Waals surface area contributed by atoms with Crippen LogP contribution >= 0.6 is 0 Å². The lowest BCUT2D eigenvalue weighted by Crippen LogP contribution is -2.13. The summed E-state index contributed by atoms with van der Waals surface area (Å²) in [5.74, 6) is 0. The van der Waals surface area contributed by atoms with Gasteiger partial charge in [-0.2, -0.15) is 0 Å². The minimum absolute atomic E-state index is 0.00594. The average molecular weight is 446 g/mol. The number of nitro groups is 1.